The topological polar surface area (TPSA) is 26.3 Å². The monoisotopic (exact) mass is 402 g/mol. The van der Waals surface area contributed by atoms with E-state index in [0.717, 1.165) is 55.3 Å². The highest BCUT2D eigenvalue weighted by molar-refractivity contribution is 5.83. The van der Waals surface area contributed by atoms with Crippen molar-refractivity contribution >= 4 is 5.78 Å². The summed E-state index contributed by atoms with van der Waals surface area (Å²) in [6.07, 6.45) is 21.7. The molecule has 166 valence electrons. The molecular formula is C27H46O2. The highest BCUT2D eigenvalue weighted by Crippen LogP contribution is 2.46. The van der Waals surface area contributed by atoms with Crippen molar-refractivity contribution in [2.75, 3.05) is 7.11 Å². The van der Waals surface area contributed by atoms with Gasteiger partial charge in [-0.3, -0.25) is 4.79 Å². The summed E-state index contributed by atoms with van der Waals surface area (Å²) >= 11 is 0. The summed E-state index contributed by atoms with van der Waals surface area (Å²) in [5.74, 6) is 6.32. The molecule has 0 saturated heterocycles. The molecule has 4 saturated carbocycles. The fraction of sp³-hybridized carbons (Fsp3) is 0.963. The number of carbonyl (C=O) groups is 1. The summed E-state index contributed by atoms with van der Waals surface area (Å²) in [4.78, 5) is 13.0. The molecule has 2 nitrogen and oxygen atoms in total. The molecule has 0 atom stereocenters. The Morgan fingerprint density at radius 3 is 1.31 bits per heavy atom. The molecule has 0 unspecified atom stereocenters. The average molecular weight is 403 g/mol. The third-order valence-corrected chi connectivity index (χ3v) is 9.79. The standard InChI is InChI=1S/C27H46O2/c1-19-3-5-20(6-4-19)21-7-9-22(10-8-21)23-11-13-24(14-12-23)27(28)25-15-17-26(29-2)18-16-25/h19-26H,3-18H2,1-2H3. The number of hydrogen-bond acceptors (Lipinski definition) is 2. The van der Waals surface area contributed by atoms with Crippen molar-refractivity contribution in [2.45, 2.75) is 116 Å². The summed E-state index contributed by atoms with van der Waals surface area (Å²) in [5, 5.41) is 0. The molecule has 2 heteroatoms. The molecule has 29 heavy (non-hydrogen) atoms. The second kappa shape index (κ2) is 10.3. The first-order chi connectivity index (χ1) is 14.1. The van der Waals surface area contributed by atoms with Crippen LogP contribution in [0.4, 0.5) is 0 Å². The number of Topliss-reactive ketones (excluding diaryl/α,β-unsaturated/α-hetero) is 1. The van der Waals surface area contributed by atoms with Crippen LogP contribution >= 0.6 is 0 Å². The van der Waals surface area contributed by atoms with E-state index in [9.17, 15) is 4.79 Å². The minimum absolute atomic E-state index is 0.344. The van der Waals surface area contributed by atoms with Gasteiger partial charge in [-0.05, 0) is 119 Å². The van der Waals surface area contributed by atoms with Crippen LogP contribution in [0.2, 0.25) is 0 Å². The van der Waals surface area contributed by atoms with Gasteiger partial charge in [-0.1, -0.05) is 19.8 Å². The van der Waals surface area contributed by atoms with Crippen LogP contribution in [0.3, 0.4) is 0 Å². The van der Waals surface area contributed by atoms with Gasteiger partial charge in [0.1, 0.15) is 5.78 Å². The Labute approximate surface area is 179 Å². The zero-order valence-corrected chi connectivity index (χ0v) is 19.2. The highest BCUT2D eigenvalue weighted by atomic mass is 16.5. The van der Waals surface area contributed by atoms with Crippen molar-refractivity contribution in [1.29, 1.82) is 0 Å². The van der Waals surface area contributed by atoms with E-state index in [4.69, 9.17) is 4.74 Å². The second-order valence-electron chi connectivity index (χ2n) is 11.4. The number of hydrogen-bond donors (Lipinski definition) is 0. The van der Waals surface area contributed by atoms with Crippen molar-refractivity contribution in [3.05, 3.63) is 0 Å². The molecule has 0 amide bonds. The molecule has 0 bridgehead atoms. The molecule has 0 radical (unpaired) electrons. The summed E-state index contributed by atoms with van der Waals surface area (Å²) < 4.78 is 5.49. The van der Waals surface area contributed by atoms with Gasteiger partial charge in [0.25, 0.3) is 0 Å². The van der Waals surface area contributed by atoms with Gasteiger partial charge in [-0.25, -0.2) is 0 Å². The van der Waals surface area contributed by atoms with Crippen LogP contribution in [0.15, 0.2) is 0 Å². The Bertz CT molecular complexity index is 497. The Morgan fingerprint density at radius 1 is 0.552 bits per heavy atom. The third kappa shape index (κ3) is 5.46. The summed E-state index contributed by atoms with van der Waals surface area (Å²) in [6, 6.07) is 0. The number of methoxy groups -OCH3 is 1. The minimum atomic E-state index is 0.344. The minimum Gasteiger partial charge on any atom is -0.381 e. The Hall–Kier alpha value is -0.370. The van der Waals surface area contributed by atoms with Crippen LogP contribution in [0.1, 0.15) is 110 Å². The number of ketones is 1. The first kappa shape index (κ1) is 21.8. The quantitative estimate of drug-likeness (QED) is 0.486. The van der Waals surface area contributed by atoms with Gasteiger partial charge in [0.15, 0.2) is 0 Å². The van der Waals surface area contributed by atoms with Crippen molar-refractivity contribution in [2.24, 2.45) is 41.4 Å². The predicted octanol–water partition coefficient (Wildman–Crippen LogP) is 7.20. The Morgan fingerprint density at radius 2 is 0.897 bits per heavy atom. The molecule has 0 aromatic carbocycles. The van der Waals surface area contributed by atoms with Gasteiger partial charge in [-0.2, -0.15) is 0 Å². The maximum absolute atomic E-state index is 13.0. The fourth-order valence-corrected chi connectivity index (χ4v) is 7.64. The molecule has 4 fully saturated rings. The third-order valence-electron chi connectivity index (χ3n) is 9.79. The summed E-state index contributed by atoms with van der Waals surface area (Å²) in [5.41, 5.74) is 0. The normalized spacial score (nSPS) is 44.3. The lowest BCUT2D eigenvalue weighted by Crippen LogP contribution is -2.34. The van der Waals surface area contributed by atoms with Crippen LogP contribution in [0.5, 0.6) is 0 Å². The van der Waals surface area contributed by atoms with Gasteiger partial charge >= 0.3 is 0 Å². The van der Waals surface area contributed by atoms with Crippen LogP contribution in [0.25, 0.3) is 0 Å². The molecular weight excluding hydrogens is 356 g/mol. The number of ether oxygens (including phenoxy) is 1. The van der Waals surface area contributed by atoms with E-state index in [1.165, 1.54) is 77.0 Å². The molecule has 0 spiro atoms. The molecule has 4 aliphatic carbocycles. The van der Waals surface area contributed by atoms with E-state index in [2.05, 4.69) is 6.92 Å². The van der Waals surface area contributed by atoms with Crippen molar-refractivity contribution in [3.8, 4) is 0 Å². The molecule has 0 aromatic rings. The maximum atomic E-state index is 13.0. The van der Waals surface area contributed by atoms with Crippen molar-refractivity contribution in [1.82, 2.24) is 0 Å². The lowest BCUT2D eigenvalue weighted by Gasteiger charge is -2.41. The second-order valence-corrected chi connectivity index (χ2v) is 11.4. The summed E-state index contributed by atoms with van der Waals surface area (Å²) in [6.45, 7) is 2.44. The van der Waals surface area contributed by atoms with Gasteiger partial charge in [0.2, 0.25) is 0 Å². The molecule has 0 aliphatic heterocycles. The number of rotatable bonds is 5. The fourth-order valence-electron chi connectivity index (χ4n) is 7.64. The summed E-state index contributed by atoms with van der Waals surface area (Å²) in [7, 11) is 1.82. The van der Waals surface area contributed by atoms with E-state index >= 15 is 0 Å². The first-order valence-corrected chi connectivity index (χ1v) is 13.2. The van der Waals surface area contributed by atoms with E-state index in [0.29, 0.717) is 23.7 Å². The van der Waals surface area contributed by atoms with E-state index in [1.807, 2.05) is 7.11 Å². The van der Waals surface area contributed by atoms with Crippen LogP contribution in [-0.2, 0) is 9.53 Å². The lowest BCUT2D eigenvalue weighted by atomic mass is 9.64. The zero-order chi connectivity index (χ0) is 20.2. The smallest absolute Gasteiger partial charge is 0.139 e. The van der Waals surface area contributed by atoms with Gasteiger partial charge < -0.3 is 4.74 Å². The lowest BCUT2D eigenvalue weighted by molar-refractivity contribution is -0.130. The van der Waals surface area contributed by atoms with Crippen LogP contribution in [-0.4, -0.2) is 19.0 Å². The Kier molecular flexibility index (Phi) is 7.75. The molecule has 4 aliphatic rings. The van der Waals surface area contributed by atoms with Crippen LogP contribution < -0.4 is 0 Å². The van der Waals surface area contributed by atoms with Gasteiger partial charge in [-0.15, -0.1) is 0 Å². The van der Waals surface area contributed by atoms with E-state index in [-0.39, 0.29) is 0 Å². The van der Waals surface area contributed by atoms with E-state index < -0.39 is 0 Å². The molecule has 4 rings (SSSR count). The predicted molar refractivity (Wildman–Crippen MR) is 120 cm³/mol. The highest BCUT2D eigenvalue weighted by Gasteiger charge is 2.37. The maximum Gasteiger partial charge on any atom is 0.139 e. The van der Waals surface area contributed by atoms with Gasteiger partial charge in [0, 0.05) is 18.9 Å². The SMILES string of the molecule is COC1CCC(C(=O)C2CCC(C3CCC(C4CCC(C)CC4)CC3)CC2)CC1. The van der Waals surface area contributed by atoms with Gasteiger partial charge in [0.05, 0.1) is 6.10 Å². The van der Waals surface area contributed by atoms with Crippen molar-refractivity contribution in [3.63, 3.8) is 0 Å². The number of carbonyl (C=O) groups excluding carboxylic acids is 1. The molecule has 0 N–H and O–H groups in total. The first-order valence-electron chi connectivity index (χ1n) is 13.2. The largest absolute Gasteiger partial charge is 0.381 e. The van der Waals surface area contributed by atoms with Crippen molar-refractivity contribution < 1.29 is 9.53 Å². The van der Waals surface area contributed by atoms with Crippen LogP contribution in [0, 0.1) is 41.4 Å². The van der Waals surface area contributed by atoms with E-state index in [1.54, 1.807) is 0 Å². The zero-order valence-electron chi connectivity index (χ0n) is 19.2. The average Bonchev–Trinajstić information content (AvgIpc) is 2.79. The molecule has 0 heterocycles. The molecule has 0 aromatic heterocycles. The Balaban J connectivity index is 1.17.